The molecular formula is C24H33N3O4. The first-order valence-electron chi connectivity index (χ1n) is 10.7. The van der Waals surface area contributed by atoms with Crippen LogP contribution in [0.25, 0.3) is 0 Å². The van der Waals surface area contributed by atoms with Gasteiger partial charge < -0.3 is 24.8 Å². The molecule has 1 aliphatic heterocycles. The van der Waals surface area contributed by atoms with Gasteiger partial charge in [0.2, 0.25) is 0 Å². The summed E-state index contributed by atoms with van der Waals surface area (Å²) >= 11 is 0. The summed E-state index contributed by atoms with van der Waals surface area (Å²) in [6.07, 6.45) is 0. The molecule has 0 aliphatic carbocycles. The first-order chi connectivity index (χ1) is 15.0. The number of ether oxygens (including phenoxy) is 3. The van der Waals surface area contributed by atoms with E-state index in [-0.39, 0.29) is 18.1 Å². The van der Waals surface area contributed by atoms with E-state index in [1.807, 2.05) is 43.3 Å². The zero-order valence-corrected chi connectivity index (χ0v) is 18.8. The minimum atomic E-state index is -0.186. The molecule has 2 aromatic rings. The van der Waals surface area contributed by atoms with E-state index < -0.39 is 0 Å². The molecule has 1 aliphatic rings. The molecule has 1 heterocycles. The van der Waals surface area contributed by atoms with Crippen molar-refractivity contribution in [3.05, 3.63) is 59.2 Å². The average Bonchev–Trinajstić information content (AvgIpc) is 2.80. The van der Waals surface area contributed by atoms with Crippen LogP contribution in [-0.2, 0) is 4.74 Å². The van der Waals surface area contributed by atoms with Gasteiger partial charge in [0.1, 0.15) is 0 Å². The number of benzene rings is 2. The number of methoxy groups -OCH3 is 2. The van der Waals surface area contributed by atoms with Crippen molar-refractivity contribution in [3.8, 4) is 11.5 Å². The zero-order chi connectivity index (χ0) is 22.2. The molecule has 1 fully saturated rings. The Hall–Kier alpha value is -2.77. The highest BCUT2D eigenvalue weighted by atomic mass is 16.5. The fourth-order valence-electron chi connectivity index (χ4n) is 3.99. The minimum Gasteiger partial charge on any atom is -0.493 e. The lowest BCUT2D eigenvalue weighted by Gasteiger charge is -2.35. The Morgan fingerprint density at radius 3 is 2.48 bits per heavy atom. The second kappa shape index (κ2) is 11.0. The highest BCUT2D eigenvalue weighted by molar-refractivity contribution is 5.74. The smallest absolute Gasteiger partial charge is 0.315 e. The first-order valence-corrected chi connectivity index (χ1v) is 10.7. The molecule has 0 bridgehead atoms. The predicted octanol–water partition coefficient (Wildman–Crippen LogP) is 3.45. The quantitative estimate of drug-likeness (QED) is 0.675. The van der Waals surface area contributed by atoms with Crippen LogP contribution in [0.2, 0.25) is 0 Å². The van der Waals surface area contributed by atoms with Crippen LogP contribution < -0.4 is 20.1 Å². The highest BCUT2D eigenvalue weighted by Gasteiger charge is 2.24. The molecule has 2 atom stereocenters. The van der Waals surface area contributed by atoms with Crippen LogP contribution in [0.1, 0.15) is 35.7 Å². The van der Waals surface area contributed by atoms with E-state index in [1.54, 1.807) is 14.2 Å². The van der Waals surface area contributed by atoms with Crippen molar-refractivity contribution in [2.45, 2.75) is 25.9 Å². The van der Waals surface area contributed by atoms with E-state index in [4.69, 9.17) is 14.2 Å². The van der Waals surface area contributed by atoms with Gasteiger partial charge >= 0.3 is 6.03 Å². The second-order valence-electron chi connectivity index (χ2n) is 7.71. The van der Waals surface area contributed by atoms with Gasteiger partial charge in [0.05, 0.1) is 39.5 Å². The van der Waals surface area contributed by atoms with Gasteiger partial charge in [-0.15, -0.1) is 0 Å². The number of morpholine rings is 1. The van der Waals surface area contributed by atoms with Gasteiger partial charge in [-0.25, -0.2) is 4.79 Å². The SMILES string of the molecule is COc1ccc([C@H](CNC(=O)N[C@H](C)c2ccccc2C)N2CCOCC2)cc1OC. The molecule has 168 valence electrons. The monoisotopic (exact) mass is 427 g/mol. The second-order valence-corrected chi connectivity index (χ2v) is 7.71. The van der Waals surface area contributed by atoms with Gasteiger partial charge in [0.15, 0.2) is 11.5 Å². The maximum Gasteiger partial charge on any atom is 0.315 e. The molecule has 31 heavy (non-hydrogen) atoms. The fraction of sp³-hybridized carbons (Fsp3) is 0.458. The van der Waals surface area contributed by atoms with E-state index in [1.165, 1.54) is 0 Å². The number of aryl methyl sites for hydroxylation is 1. The Morgan fingerprint density at radius 2 is 1.81 bits per heavy atom. The maximum absolute atomic E-state index is 12.7. The van der Waals surface area contributed by atoms with Gasteiger partial charge in [0.25, 0.3) is 0 Å². The first kappa shape index (κ1) is 22.9. The largest absolute Gasteiger partial charge is 0.493 e. The highest BCUT2D eigenvalue weighted by Crippen LogP contribution is 2.32. The van der Waals surface area contributed by atoms with Crippen LogP contribution in [0.15, 0.2) is 42.5 Å². The van der Waals surface area contributed by atoms with Crippen LogP contribution in [0.3, 0.4) is 0 Å². The molecule has 0 aromatic heterocycles. The summed E-state index contributed by atoms with van der Waals surface area (Å²) in [4.78, 5) is 15.0. The van der Waals surface area contributed by atoms with Crippen molar-refractivity contribution < 1.29 is 19.0 Å². The van der Waals surface area contributed by atoms with Crippen molar-refractivity contribution in [3.63, 3.8) is 0 Å². The Labute approximate surface area is 184 Å². The molecule has 0 unspecified atom stereocenters. The topological polar surface area (TPSA) is 72.1 Å². The molecular weight excluding hydrogens is 394 g/mol. The van der Waals surface area contributed by atoms with Crippen LogP contribution >= 0.6 is 0 Å². The number of urea groups is 1. The maximum atomic E-state index is 12.7. The van der Waals surface area contributed by atoms with E-state index in [0.717, 1.165) is 29.8 Å². The van der Waals surface area contributed by atoms with Gasteiger partial charge in [0, 0.05) is 19.6 Å². The molecule has 2 aromatic carbocycles. The van der Waals surface area contributed by atoms with Crippen molar-refractivity contribution in [2.24, 2.45) is 0 Å². The molecule has 0 spiro atoms. The fourth-order valence-corrected chi connectivity index (χ4v) is 3.99. The minimum absolute atomic E-state index is 0.00298. The number of amides is 2. The summed E-state index contributed by atoms with van der Waals surface area (Å²) in [5, 5.41) is 6.11. The van der Waals surface area contributed by atoms with Crippen LogP contribution in [0.4, 0.5) is 4.79 Å². The number of carbonyl (C=O) groups excluding carboxylic acids is 1. The summed E-state index contributed by atoms with van der Waals surface area (Å²) in [5.41, 5.74) is 3.33. The van der Waals surface area contributed by atoms with Crippen LogP contribution in [0.5, 0.6) is 11.5 Å². The summed E-state index contributed by atoms with van der Waals surface area (Å²) in [6.45, 7) is 7.50. The van der Waals surface area contributed by atoms with E-state index in [2.05, 4.69) is 28.5 Å². The number of hydrogen-bond donors (Lipinski definition) is 2. The van der Waals surface area contributed by atoms with Crippen LogP contribution in [-0.4, -0.2) is 58.0 Å². The summed E-state index contributed by atoms with van der Waals surface area (Å²) < 4.78 is 16.4. The third-order valence-corrected chi connectivity index (χ3v) is 5.74. The van der Waals surface area contributed by atoms with Crippen molar-refractivity contribution in [1.29, 1.82) is 0 Å². The molecule has 0 saturated carbocycles. The Balaban J connectivity index is 1.70. The number of hydrogen-bond acceptors (Lipinski definition) is 5. The molecule has 3 rings (SSSR count). The molecule has 7 nitrogen and oxygen atoms in total. The van der Waals surface area contributed by atoms with Gasteiger partial charge in [-0.1, -0.05) is 30.3 Å². The van der Waals surface area contributed by atoms with E-state index in [0.29, 0.717) is 31.3 Å². The Kier molecular flexibility index (Phi) is 8.14. The number of nitrogens with zero attached hydrogens (tertiary/aromatic N) is 1. The predicted molar refractivity (Wildman–Crippen MR) is 121 cm³/mol. The van der Waals surface area contributed by atoms with Crippen molar-refractivity contribution >= 4 is 6.03 Å². The zero-order valence-electron chi connectivity index (χ0n) is 18.8. The standard InChI is InChI=1S/C24H33N3O4/c1-17-7-5-6-8-20(17)18(2)26-24(28)25-16-21(27-11-13-31-14-12-27)19-9-10-22(29-3)23(15-19)30-4/h5-10,15,18,21H,11-14,16H2,1-4H3,(H2,25,26,28)/t18-,21+/m1/s1. The lowest BCUT2D eigenvalue weighted by Crippen LogP contribution is -2.46. The molecule has 2 N–H and O–H groups in total. The van der Waals surface area contributed by atoms with Crippen LogP contribution in [0, 0.1) is 6.92 Å². The number of carbonyl (C=O) groups is 1. The number of nitrogens with one attached hydrogen (secondary N) is 2. The summed E-state index contributed by atoms with van der Waals surface area (Å²) in [5.74, 6) is 1.36. The summed E-state index contributed by atoms with van der Waals surface area (Å²) in [7, 11) is 3.25. The normalized spacial score (nSPS) is 16.3. The van der Waals surface area contributed by atoms with E-state index in [9.17, 15) is 4.79 Å². The van der Waals surface area contributed by atoms with E-state index >= 15 is 0 Å². The number of rotatable bonds is 8. The lowest BCUT2D eigenvalue weighted by atomic mass is 10.0. The average molecular weight is 428 g/mol. The Bertz CT molecular complexity index is 868. The van der Waals surface area contributed by atoms with Gasteiger partial charge in [-0.2, -0.15) is 0 Å². The molecule has 2 amide bonds. The van der Waals surface area contributed by atoms with Gasteiger partial charge in [-0.05, 0) is 42.7 Å². The lowest BCUT2D eigenvalue weighted by molar-refractivity contribution is 0.0166. The molecule has 0 radical (unpaired) electrons. The third kappa shape index (κ3) is 5.89. The molecule has 1 saturated heterocycles. The Morgan fingerprint density at radius 1 is 1.10 bits per heavy atom. The van der Waals surface area contributed by atoms with Crippen molar-refractivity contribution in [2.75, 3.05) is 47.1 Å². The van der Waals surface area contributed by atoms with Crippen molar-refractivity contribution in [1.82, 2.24) is 15.5 Å². The van der Waals surface area contributed by atoms with Gasteiger partial charge in [-0.3, -0.25) is 4.90 Å². The molecule has 7 heteroatoms. The third-order valence-electron chi connectivity index (χ3n) is 5.74. The summed E-state index contributed by atoms with van der Waals surface area (Å²) in [6, 6.07) is 13.7.